The monoisotopic (exact) mass is 274 g/mol. The van der Waals surface area contributed by atoms with Crippen LogP contribution in [0.1, 0.15) is 34.1 Å². The molecular formula is C13H26O4Si. The van der Waals surface area contributed by atoms with E-state index in [0.29, 0.717) is 25.4 Å². The van der Waals surface area contributed by atoms with Crippen molar-refractivity contribution in [1.29, 1.82) is 0 Å². The van der Waals surface area contributed by atoms with Crippen LogP contribution < -0.4 is 0 Å². The lowest BCUT2D eigenvalue weighted by atomic mass is 10.4. The van der Waals surface area contributed by atoms with Crippen LogP contribution in [-0.4, -0.2) is 40.7 Å². The first-order valence-electron chi connectivity index (χ1n) is 6.61. The summed E-state index contributed by atoms with van der Waals surface area (Å²) in [6.45, 7) is 12.9. The second kappa shape index (κ2) is 9.30. The highest BCUT2D eigenvalue weighted by Gasteiger charge is 2.28. The summed E-state index contributed by atoms with van der Waals surface area (Å²) in [5, 5.41) is 0. The molecule has 5 heteroatoms. The Hall–Kier alpha value is -0.653. The fourth-order valence-corrected chi connectivity index (χ4v) is 3.60. The summed E-state index contributed by atoms with van der Waals surface area (Å²) < 4.78 is 16.6. The Bertz CT molecular complexity index is 260. The maximum Gasteiger partial charge on any atom is 0.333 e. The van der Waals surface area contributed by atoms with Gasteiger partial charge >= 0.3 is 5.97 Å². The van der Waals surface area contributed by atoms with Crippen LogP contribution in [0, 0.1) is 0 Å². The molecule has 18 heavy (non-hydrogen) atoms. The third-order valence-corrected chi connectivity index (χ3v) is 4.95. The van der Waals surface area contributed by atoms with E-state index in [2.05, 4.69) is 13.5 Å². The van der Waals surface area contributed by atoms with Crippen LogP contribution in [0.5, 0.6) is 0 Å². The molecule has 0 spiro atoms. The van der Waals surface area contributed by atoms with Crippen molar-refractivity contribution in [3.63, 3.8) is 0 Å². The van der Waals surface area contributed by atoms with Crippen molar-refractivity contribution < 1.29 is 19.0 Å². The standard InChI is InChI=1S/C13H26O4Si/c1-6-13(16-7-2,17-8-3)18-10-9-15-12(14)11(4)5/h4,6-10,18H2,1-3,5H3. The minimum atomic E-state index is -0.622. The number of ether oxygens (including phenoxy) is 3. The number of hydrogen-bond acceptors (Lipinski definition) is 4. The molecule has 0 aliphatic heterocycles. The van der Waals surface area contributed by atoms with E-state index < -0.39 is 14.9 Å². The van der Waals surface area contributed by atoms with Crippen molar-refractivity contribution in [1.82, 2.24) is 0 Å². The van der Waals surface area contributed by atoms with Crippen molar-refractivity contribution in [3.05, 3.63) is 12.2 Å². The van der Waals surface area contributed by atoms with Gasteiger partial charge in [-0.05, 0) is 33.2 Å². The summed E-state index contributed by atoms with van der Waals surface area (Å²) in [5.41, 5.74) is 0.0344. The molecule has 0 atom stereocenters. The summed E-state index contributed by atoms with van der Waals surface area (Å²) in [4.78, 5) is 11.2. The van der Waals surface area contributed by atoms with Crippen molar-refractivity contribution >= 4 is 15.5 Å². The first-order valence-corrected chi connectivity index (χ1v) is 8.32. The SMILES string of the molecule is C=C(C)C(=O)OCC[SiH2]C(CC)(OCC)OCC. The van der Waals surface area contributed by atoms with Crippen LogP contribution in [0.25, 0.3) is 0 Å². The topological polar surface area (TPSA) is 44.8 Å². The highest BCUT2D eigenvalue weighted by atomic mass is 28.2. The fraction of sp³-hybridized carbons (Fsp3) is 0.769. The van der Waals surface area contributed by atoms with E-state index in [0.717, 1.165) is 12.5 Å². The van der Waals surface area contributed by atoms with Crippen molar-refractivity contribution in [3.8, 4) is 0 Å². The summed E-state index contributed by atoms with van der Waals surface area (Å²) >= 11 is 0. The highest BCUT2D eigenvalue weighted by molar-refractivity contribution is 6.39. The second-order valence-electron chi connectivity index (χ2n) is 4.15. The molecular weight excluding hydrogens is 248 g/mol. The zero-order valence-electron chi connectivity index (χ0n) is 12.1. The number of carbonyl (C=O) groups is 1. The van der Waals surface area contributed by atoms with Crippen LogP contribution in [0.15, 0.2) is 12.2 Å². The van der Waals surface area contributed by atoms with Crippen molar-refractivity contribution in [2.75, 3.05) is 19.8 Å². The van der Waals surface area contributed by atoms with Crippen molar-refractivity contribution in [2.24, 2.45) is 0 Å². The van der Waals surface area contributed by atoms with E-state index in [1.807, 2.05) is 13.8 Å². The van der Waals surface area contributed by atoms with E-state index in [1.165, 1.54) is 0 Å². The minimum absolute atomic E-state index is 0.320. The lowest BCUT2D eigenvalue weighted by molar-refractivity contribution is -0.177. The molecule has 0 heterocycles. The lowest BCUT2D eigenvalue weighted by Crippen LogP contribution is -2.42. The Morgan fingerprint density at radius 2 is 1.78 bits per heavy atom. The molecule has 0 rings (SSSR count). The minimum Gasteiger partial charge on any atom is -0.463 e. The molecule has 0 fully saturated rings. The molecule has 0 saturated heterocycles. The maximum absolute atomic E-state index is 11.2. The van der Waals surface area contributed by atoms with Crippen LogP contribution in [0.2, 0.25) is 6.04 Å². The summed E-state index contributed by atoms with van der Waals surface area (Å²) in [5.74, 6) is -0.320. The van der Waals surface area contributed by atoms with E-state index in [4.69, 9.17) is 14.2 Å². The van der Waals surface area contributed by atoms with Gasteiger partial charge in [0.05, 0.1) is 16.1 Å². The van der Waals surface area contributed by atoms with Gasteiger partial charge in [0.2, 0.25) is 0 Å². The van der Waals surface area contributed by atoms with Crippen LogP contribution in [0.3, 0.4) is 0 Å². The van der Waals surface area contributed by atoms with Gasteiger partial charge in [0.1, 0.15) is 5.41 Å². The highest BCUT2D eigenvalue weighted by Crippen LogP contribution is 2.18. The average Bonchev–Trinajstić information content (AvgIpc) is 2.34. The molecule has 0 aromatic heterocycles. The molecule has 0 bridgehead atoms. The number of hydrogen-bond donors (Lipinski definition) is 0. The molecule has 0 aromatic rings. The molecule has 0 saturated carbocycles. The average molecular weight is 274 g/mol. The Morgan fingerprint density at radius 3 is 2.17 bits per heavy atom. The molecule has 4 nitrogen and oxygen atoms in total. The normalized spacial score (nSPS) is 12.0. The third kappa shape index (κ3) is 6.33. The predicted molar refractivity (Wildman–Crippen MR) is 75.4 cm³/mol. The molecule has 0 unspecified atom stereocenters. The quantitative estimate of drug-likeness (QED) is 0.200. The number of rotatable bonds is 10. The van der Waals surface area contributed by atoms with Gasteiger partial charge in [-0.25, -0.2) is 4.79 Å². The van der Waals surface area contributed by atoms with Gasteiger partial charge in [-0.2, -0.15) is 0 Å². The van der Waals surface area contributed by atoms with Crippen molar-refractivity contribution in [2.45, 2.75) is 45.6 Å². The Morgan fingerprint density at radius 1 is 1.22 bits per heavy atom. The smallest absolute Gasteiger partial charge is 0.333 e. The zero-order valence-corrected chi connectivity index (χ0v) is 13.5. The van der Waals surface area contributed by atoms with Gasteiger partial charge in [-0.3, -0.25) is 0 Å². The van der Waals surface area contributed by atoms with E-state index in [-0.39, 0.29) is 5.97 Å². The molecule has 0 radical (unpaired) electrons. The zero-order chi connectivity index (χ0) is 14.0. The third-order valence-electron chi connectivity index (χ3n) is 2.64. The molecule has 0 aliphatic carbocycles. The molecule has 0 N–H and O–H groups in total. The first kappa shape index (κ1) is 17.3. The first-order chi connectivity index (χ1) is 8.51. The summed E-state index contributed by atoms with van der Waals surface area (Å²) in [6, 6.07) is 0.854. The van der Waals surface area contributed by atoms with Gasteiger partial charge in [0, 0.05) is 18.8 Å². The maximum atomic E-state index is 11.2. The summed E-state index contributed by atoms with van der Waals surface area (Å²) in [7, 11) is -0.622. The Balaban J connectivity index is 4.10. The van der Waals surface area contributed by atoms with Crippen LogP contribution in [-0.2, 0) is 19.0 Å². The van der Waals surface area contributed by atoms with Gasteiger partial charge in [0.15, 0.2) is 0 Å². The summed E-state index contributed by atoms with van der Waals surface area (Å²) in [6.07, 6.45) is 0.843. The fourth-order valence-electron chi connectivity index (χ4n) is 1.72. The van der Waals surface area contributed by atoms with Gasteiger partial charge in [-0.1, -0.05) is 13.5 Å². The van der Waals surface area contributed by atoms with Crippen LogP contribution in [0.4, 0.5) is 0 Å². The number of esters is 1. The molecule has 0 aliphatic rings. The predicted octanol–water partition coefficient (Wildman–Crippen LogP) is 1.83. The Kier molecular flexibility index (Phi) is 8.96. The molecule has 0 aromatic carbocycles. The van der Waals surface area contributed by atoms with Gasteiger partial charge in [0.25, 0.3) is 0 Å². The lowest BCUT2D eigenvalue weighted by Gasteiger charge is -2.32. The second-order valence-corrected chi connectivity index (χ2v) is 6.43. The van der Waals surface area contributed by atoms with Gasteiger partial charge in [-0.15, -0.1) is 0 Å². The molecule has 0 amide bonds. The van der Waals surface area contributed by atoms with Crippen LogP contribution >= 0.6 is 0 Å². The van der Waals surface area contributed by atoms with E-state index >= 15 is 0 Å². The Labute approximate surface area is 113 Å². The largest absolute Gasteiger partial charge is 0.463 e. The number of carbonyl (C=O) groups excluding carboxylic acids is 1. The molecule has 106 valence electrons. The van der Waals surface area contributed by atoms with E-state index in [1.54, 1.807) is 6.92 Å². The van der Waals surface area contributed by atoms with Gasteiger partial charge < -0.3 is 14.2 Å². The van der Waals surface area contributed by atoms with E-state index in [9.17, 15) is 4.79 Å².